The first-order valence-corrected chi connectivity index (χ1v) is 7.78. The molecule has 3 heterocycles. The molecule has 0 spiro atoms. The van der Waals surface area contributed by atoms with Gasteiger partial charge in [-0.25, -0.2) is 9.30 Å². The van der Waals surface area contributed by atoms with Gasteiger partial charge in [-0.2, -0.15) is 5.10 Å². The first-order valence-electron chi connectivity index (χ1n) is 6.96. The van der Waals surface area contributed by atoms with Crippen LogP contribution in [0.1, 0.15) is 32.6 Å². The van der Waals surface area contributed by atoms with E-state index in [-0.39, 0.29) is 15.5 Å². The zero-order valence-electron chi connectivity index (χ0n) is 12.0. The van der Waals surface area contributed by atoms with Crippen molar-refractivity contribution in [2.75, 3.05) is 4.90 Å². The van der Waals surface area contributed by atoms with Crippen LogP contribution in [-0.4, -0.2) is 26.4 Å². The fourth-order valence-electron chi connectivity index (χ4n) is 2.59. The standard InChI is InChI=1S/C15H10N4O3S/c1-2-8-3-5-9(6-4-8)18-13(21)11-12(14(18)22)23-15-17-16-7-10(20)19(11)15/h3-7H,2H2,1H3. The normalized spacial score (nSPS) is 13.9. The largest absolute Gasteiger partial charge is 0.284 e. The van der Waals surface area contributed by atoms with Crippen LogP contribution in [0.3, 0.4) is 0 Å². The van der Waals surface area contributed by atoms with Gasteiger partial charge in [0.25, 0.3) is 17.4 Å². The molecule has 0 radical (unpaired) electrons. The molecular formula is C15H10N4O3S. The summed E-state index contributed by atoms with van der Waals surface area (Å²) in [7, 11) is 0. The molecule has 2 aromatic heterocycles. The molecule has 0 saturated heterocycles. The number of carbonyl (C=O) groups excluding carboxylic acids is 2. The summed E-state index contributed by atoms with van der Waals surface area (Å²) >= 11 is 0.996. The summed E-state index contributed by atoms with van der Waals surface area (Å²) in [6.45, 7) is 2.03. The van der Waals surface area contributed by atoms with Crippen LogP contribution in [0.25, 0.3) is 4.96 Å². The Hall–Kier alpha value is -2.87. The van der Waals surface area contributed by atoms with Crippen molar-refractivity contribution in [1.29, 1.82) is 0 Å². The second-order valence-electron chi connectivity index (χ2n) is 5.05. The summed E-state index contributed by atoms with van der Waals surface area (Å²) in [6.07, 6.45) is 1.89. The van der Waals surface area contributed by atoms with Crippen LogP contribution in [0.4, 0.5) is 5.69 Å². The molecule has 3 aromatic rings. The van der Waals surface area contributed by atoms with Gasteiger partial charge in [0.15, 0.2) is 0 Å². The Balaban J connectivity index is 1.88. The Labute approximate surface area is 133 Å². The molecular weight excluding hydrogens is 316 g/mol. The van der Waals surface area contributed by atoms with Crippen LogP contribution >= 0.6 is 11.3 Å². The van der Waals surface area contributed by atoms with E-state index in [1.807, 2.05) is 19.1 Å². The highest BCUT2D eigenvalue weighted by molar-refractivity contribution is 7.19. The van der Waals surface area contributed by atoms with Crippen molar-refractivity contribution in [2.24, 2.45) is 0 Å². The molecule has 4 rings (SSSR count). The average molecular weight is 326 g/mol. The zero-order valence-corrected chi connectivity index (χ0v) is 12.8. The molecule has 1 aromatic carbocycles. The topological polar surface area (TPSA) is 84.6 Å². The van der Waals surface area contributed by atoms with Crippen LogP contribution in [0, 0.1) is 0 Å². The fourth-order valence-corrected chi connectivity index (χ4v) is 3.59. The van der Waals surface area contributed by atoms with Crippen LogP contribution in [0.2, 0.25) is 0 Å². The number of aromatic nitrogens is 3. The number of nitrogens with zero attached hydrogens (tertiary/aromatic N) is 4. The highest BCUT2D eigenvalue weighted by Gasteiger charge is 2.41. The Kier molecular flexibility index (Phi) is 2.88. The van der Waals surface area contributed by atoms with Crippen molar-refractivity contribution in [3.8, 4) is 0 Å². The number of hydrogen-bond donors (Lipinski definition) is 0. The van der Waals surface area contributed by atoms with Gasteiger partial charge >= 0.3 is 0 Å². The third-order valence-corrected chi connectivity index (χ3v) is 4.78. The highest BCUT2D eigenvalue weighted by Crippen LogP contribution is 2.32. The van der Waals surface area contributed by atoms with Gasteiger partial charge in [-0.1, -0.05) is 30.4 Å². The molecule has 8 heteroatoms. The Bertz CT molecular complexity index is 1020. The number of imide groups is 1. The summed E-state index contributed by atoms with van der Waals surface area (Å²) in [4.78, 5) is 38.8. The lowest BCUT2D eigenvalue weighted by Crippen LogP contribution is -2.31. The van der Waals surface area contributed by atoms with E-state index >= 15 is 0 Å². The maximum atomic E-state index is 12.7. The van der Waals surface area contributed by atoms with E-state index in [4.69, 9.17) is 0 Å². The van der Waals surface area contributed by atoms with Gasteiger partial charge in [0.1, 0.15) is 16.8 Å². The lowest BCUT2D eigenvalue weighted by Gasteiger charge is -2.14. The number of carbonyl (C=O) groups is 2. The number of benzene rings is 1. The Morgan fingerprint density at radius 1 is 1.09 bits per heavy atom. The first-order chi connectivity index (χ1) is 11.1. The predicted octanol–water partition coefficient (Wildman–Crippen LogP) is 1.51. The van der Waals surface area contributed by atoms with Crippen LogP contribution < -0.4 is 10.5 Å². The van der Waals surface area contributed by atoms with E-state index in [0.29, 0.717) is 5.69 Å². The number of amides is 2. The van der Waals surface area contributed by atoms with Gasteiger partial charge in [-0.05, 0) is 24.1 Å². The molecule has 0 unspecified atom stereocenters. The monoisotopic (exact) mass is 326 g/mol. The smallest absolute Gasteiger partial charge is 0.267 e. The van der Waals surface area contributed by atoms with Crippen LogP contribution in [0.15, 0.2) is 35.3 Å². The van der Waals surface area contributed by atoms with E-state index in [1.54, 1.807) is 12.1 Å². The molecule has 0 N–H and O–H groups in total. The van der Waals surface area contributed by atoms with E-state index in [9.17, 15) is 14.4 Å². The van der Waals surface area contributed by atoms with Crippen molar-refractivity contribution in [3.63, 3.8) is 0 Å². The SMILES string of the molecule is CCc1ccc(N2C(=O)c3sc4nncc(=O)n4c3C2=O)cc1. The maximum Gasteiger partial charge on any atom is 0.284 e. The van der Waals surface area contributed by atoms with Crippen molar-refractivity contribution in [2.45, 2.75) is 13.3 Å². The van der Waals surface area contributed by atoms with Crippen LogP contribution in [-0.2, 0) is 6.42 Å². The molecule has 0 atom stereocenters. The number of thiazole rings is 1. The molecule has 23 heavy (non-hydrogen) atoms. The summed E-state index contributed by atoms with van der Waals surface area (Å²) in [5.74, 6) is -0.959. The summed E-state index contributed by atoms with van der Waals surface area (Å²) < 4.78 is 1.15. The van der Waals surface area contributed by atoms with Gasteiger partial charge in [0.05, 0.1) is 5.69 Å². The third-order valence-electron chi connectivity index (χ3n) is 3.76. The molecule has 0 saturated carbocycles. The Morgan fingerprint density at radius 3 is 2.52 bits per heavy atom. The number of hydrogen-bond acceptors (Lipinski definition) is 6. The lowest BCUT2D eigenvalue weighted by atomic mass is 10.1. The average Bonchev–Trinajstić information content (AvgIpc) is 3.06. The first kappa shape index (κ1) is 13.8. The highest BCUT2D eigenvalue weighted by atomic mass is 32.1. The number of rotatable bonds is 2. The fraction of sp³-hybridized carbons (Fsp3) is 0.133. The third kappa shape index (κ3) is 1.85. The van der Waals surface area contributed by atoms with Crippen molar-refractivity contribution in [3.05, 3.63) is 57.0 Å². The molecule has 1 aliphatic rings. The molecule has 0 aliphatic carbocycles. The molecule has 0 bridgehead atoms. The Morgan fingerprint density at radius 2 is 1.83 bits per heavy atom. The van der Waals surface area contributed by atoms with Gasteiger partial charge in [-0.15, -0.1) is 5.10 Å². The van der Waals surface area contributed by atoms with Gasteiger partial charge in [-0.3, -0.25) is 14.4 Å². The van der Waals surface area contributed by atoms with Crippen LogP contribution in [0.5, 0.6) is 0 Å². The lowest BCUT2D eigenvalue weighted by molar-refractivity contribution is 0.0925. The predicted molar refractivity (Wildman–Crippen MR) is 84.1 cm³/mol. The molecule has 114 valence electrons. The van der Waals surface area contributed by atoms with Gasteiger partial charge in [0.2, 0.25) is 4.96 Å². The maximum absolute atomic E-state index is 12.7. The number of anilines is 1. The molecule has 1 aliphatic heterocycles. The van der Waals surface area contributed by atoms with E-state index in [2.05, 4.69) is 10.2 Å². The van der Waals surface area contributed by atoms with Crippen molar-refractivity contribution in [1.82, 2.24) is 14.6 Å². The number of fused-ring (bicyclic) bond motifs is 3. The quantitative estimate of drug-likeness (QED) is 0.667. The molecule has 0 fully saturated rings. The second kappa shape index (κ2) is 4.82. The summed E-state index contributed by atoms with van der Waals surface area (Å²) in [5, 5.41) is 7.37. The van der Waals surface area contributed by atoms with E-state index in [1.165, 1.54) is 0 Å². The molecule has 2 amide bonds. The minimum atomic E-state index is -0.518. The minimum Gasteiger partial charge on any atom is -0.267 e. The number of aryl methyl sites for hydroxylation is 1. The minimum absolute atomic E-state index is 0.0643. The van der Waals surface area contributed by atoms with Crippen molar-refractivity contribution < 1.29 is 9.59 Å². The van der Waals surface area contributed by atoms with E-state index < -0.39 is 17.4 Å². The van der Waals surface area contributed by atoms with Gasteiger partial charge in [0, 0.05) is 0 Å². The van der Waals surface area contributed by atoms with Crippen molar-refractivity contribution >= 4 is 33.8 Å². The summed E-state index contributed by atoms with van der Waals surface area (Å²) in [6, 6.07) is 7.21. The van der Waals surface area contributed by atoms with E-state index in [0.717, 1.165) is 38.8 Å². The van der Waals surface area contributed by atoms with Gasteiger partial charge < -0.3 is 0 Å². The zero-order chi connectivity index (χ0) is 16.1. The second-order valence-corrected chi connectivity index (χ2v) is 6.02. The molecule has 7 nitrogen and oxygen atoms in total. The summed E-state index contributed by atoms with van der Waals surface area (Å²) in [5.41, 5.74) is 1.19.